The van der Waals surface area contributed by atoms with Crippen molar-refractivity contribution in [2.24, 2.45) is 11.1 Å². The van der Waals surface area contributed by atoms with Crippen molar-refractivity contribution in [3.05, 3.63) is 29.8 Å². The minimum absolute atomic E-state index is 0.0303. The summed E-state index contributed by atoms with van der Waals surface area (Å²) >= 11 is 0. The van der Waals surface area contributed by atoms with Crippen LogP contribution in [0.4, 0.5) is 4.79 Å². The molecule has 2 amide bonds. The smallest absolute Gasteiger partial charge is 0.410 e. The highest BCUT2D eigenvalue weighted by Gasteiger charge is 2.33. The zero-order valence-electron chi connectivity index (χ0n) is 17.7. The molecule has 0 bridgehead atoms. The fourth-order valence-electron chi connectivity index (χ4n) is 3.31. The Morgan fingerprint density at radius 3 is 2.34 bits per heavy atom. The lowest BCUT2D eigenvalue weighted by molar-refractivity contribution is -0.137. The number of likely N-dealkylation sites (tertiary alicyclic amines) is 1. The lowest BCUT2D eigenvalue weighted by Crippen LogP contribution is -2.47. The molecule has 9 heteroatoms. The zero-order chi connectivity index (χ0) is 22.0. The van der Waals surface area contributed by atoms with Crippen molar-refractivity contribution in [2.45, 2.75) is 57.1 Å². The van der Waals surface area contributed by atoms with Crippen LogP contribution in [0.3, 0.4) is 0 Å². The zero-order valence-corrected chi connectivity index (χ0v) is 18.5. The predicted octanol–water partition coefficient (Wildman–Crippen LogP) is 2.50. The molecule has 1 aromatic rings. The van der Waals surface area contributed by atoms with Gasteiger partial charge in [-0.15, -0.1) is 0 Å². The van der Waals surface area contributed by atoms with Crippen molar-refractivity contribution in [2.75, 3.05) is 20.1 Å². The third-order valence-corrected chi connectivity index (χ3v) is 5.97. The second kappa shape index (κ2) is 8.71. The molecular weight excluding hydrogens is 394 g/mol. The number of piperidine rings is 1. The van der Waals surface area contributed by atoms with Gasteiger partial charge in [0.1, 0.15) is 5.60 Å². The molecule has 29 heavy (non-hydrogen) atoms. The van der Waals surface area contributed by atoms with Gasteiger partial charge < -0.3 is 14.5 Å². The van der Waals surface area contributed by atoms with E-state index in [1.54, 1.807) is 29.0 Å². The predicted molar refractivity (Wildman–Crippen MR) is 110 cm³/mol. The maximum Gasteiger partial charge on any atom is 0.410 e. The highest BCUT2D eigenvalue weighted by Crippen LogP contribution is 2.26. The Balaban J connectivity index is 2.05. The number of sulfonamides is 1. The number of benzene rings is 1. The number of carbonyl (C=O) groups excluding carboxylic acids is 2. The molecule has 0 aromatic heterocycles. The SMILES string of the molecule is C[C@@H](c1ccc(S(N)(=O)=O)cc1)N(C)C(=O)[C@@H]1CCCN(C(=O)OC(C)(C)C)C1. The Labute approximate surface area is 173 Å². The minimum atomic E-state index is -3.76. The van der Waals surface area contributed by atoms with Crippen LogP contribution >= 0.6 is 0 Å². The number of carbonyl (C=O) groups is 2. The van der Waals surface area contributed by atoms with Crippen molar-refractivity contribution in [1.29, 1.82) is 0 Å². The summed E-state index contributed by atoms with van der Waals surface area (Å²) < 4.78 is 28.2. The maximum absolute atomic E-state index is 13.0. The molecule has 1 aliphatic rings. The first kappa shape index (κ1) is 23.2. The quantitative estimate of drug-likeness (QED) is 0.797. The van der Waals surface area contributed by atoms with Gasteiger partial charge in [-0.3, -0.25) is 4.79 Å². The second-order valence-corrected chi connectivity index (χ2v) is 10.1. The Morgan fingerprint density at radius 1 is 1.24 bits per heavy atom. The van der Waals surface area contributed by atoms with E-state index >= 15 is 0 Å². The summed E-state index contributed by atoms with van der Waals surface area (Å²) in [5, 5.41) is 5.13. The van der Waals surface area contributed by atoms with Crippen LogP contribution in [0.2, 0.25) is 0 Å². The van der Waals surface area contributed by atoms with E-state index in [0.717, 1.165) is 12.0 Å². The van der Waals surface area contributed by atoms with E-state index in [2.05, 4.69) is 0 Å². The van der Waals surface area contributed by atoms with Crippen molar-refractivity contribution in [3.8, 4) is 0 Å². The van der Waals surface area contributed by atoms with Crippen LogP contribution in [-0.4, -0.2) is 56.0 Å². The van der Waals surface area contributed by atoms with Crippen molar-refractivity contribution < 1.29 is 22.7 Å². The van der Waals surface area contributed by atoms with Gasteiger partial charge >= 0.3 is 6.09 Å². The molecule has 2 N–H and O–H groups in total. The van der Waals surface area contributed by atoms with Gasteiger partial charge in [0, 0.05) is 20.1 Å². The van der Waals surface area contributed by atoms with Gasteiger partial charge in [0.05, 0.1) is 16.9 Å². The normalized spacial score (nSPS) is 18.8. The third-order valence-electron chi connectivity index (χ3n) is 5.04. The highest BCUT2D eigenvalue weighted by atomic mass is 32.2. The van der Waals surface area contributed by atoms with E-state index in [0.29, 0.717) is 19.5 Å². The number of ether oxygens (including phenoxy) is 1. The van der Waals surface area contributed by atoms with Crippen LogP contribution < -0.4 is 5.14 Å². The lowest BCUT2D eigenvalue weighted by atomic mass is 9.95. The summed E-state index contributed by atoms with van der Waals surface area (Å²) in [5.41, 5.74) is 0.218. The van der Waals surface area contributed by atoms with Gasteiger partial charge in [0.2, 0.25) is 15.9 Å². The van der Waals surface area contributed by atoms with Crippen LogP contribution in [0.25, 0.3) is 0 Å². The van der Waals surface area contributed by atoms with Gasteiger partial charge in [0.15, 0.2) is 0 Å². The summed E-state index contributed by atoms with van der Waals surface area (Å²) in [6.07, 6.45) is 1.05. The Kier molecular flexibility index (Phi) is 6.95. The molecule has 1 aliphatic heterocycles. The van der Waals surface area contributed by atoms with E-state index in [9.17, 15) is 18.0 Å². The van der Waals surface area contributed by atoms with Crippen molar-refractivity contribution >= 4 is 22.0 Å². The largest absolute Gasteiger partial charge is 0.444 e. The van der Waals surface area contributed by atoms with Crippen molar-refractivity contribution in [3.63, 3.8) is 0 Å². The average molecular weight is 426 g/mol. The fraction of sp³-hybridized carbons (Fsp3) is 0.600. The molecule has 8 nitrogen and oxygen atoms in total. The van der Waals surface area contributed by atoms with Crippen LogP contribution in [0.15, 0.2) is 29.2 Å². The monoisotopic (exact) mass is 425 g/mol. The molecule has 1 aromatic carbocycles. The van der Waals surface area contributed by atoms with E-state index in [-0.39, 0.29) is 22.8 Å². The molecule has 1 saturated heterocycles. The molecule has 0 unspecified atom stereocenters. The molecule has 0 radical (unpaired) electrons. The standard InChI is InChI=1S/C20H31N3O5S/c1-14(15-8-10-17(11-9-15)29(21,26)27)22(5)18(24)16-7-6-12-23(13-16)19(25)28-20(2,3)4/h8-11,14,16H,6-7,12-13H2,1-5H3,(H2,21,26,27)/t14-,16+/m0/s1. The molecule has 1 fully saturated rings. The number of nitrogens with zero attached hydrogens (tertiary/aromatic N) is 2. The van der Waals surface area contributed by atoms with Crippen LogP contribution in [-0.2, 0) is 19.6 Å². The van der Waals surface area contributed by atoms with Gasteiger partial charge in [-0.05, 0) is 58.2 Å². The second-order valence-electron chi connectivity index (χ2n) is 8.50. The number of rotatable bonds is 4. The summed E-state index contributed by atoms with van der Waals surface area (Å²) in [5.74, 6) is -0.353. The third kappa shape index (κ3) is 6.17. The molecule has 2 rings (SSSR count). The van der Waals surface area contributed by atoms with Crippen LogP contribution in [0.1, 0.15) is 52.1 Å². The maximum atomic E-state index is 13.0. The Morgan fingerprint density at radius 2 is 1.83 bits per heavy atom. The van der Waals surface area contributed by atoms with E-state index in [4.69, 9.17) is 9.88 Å². The van der Waals surface area contributed by atoms with Crippen LogP contribution in [0.5, 0.6) is 0 Å². The lowest BCUT2D eigenvalue weighted by Gasteiger charge is -2.36. The van der Waals surface area contributed by atoms with E-state index in [1.807, 2.05) is 27.7 Å². The Bertz CT molecular complexity index is 846. The highest BCUT2D eigenvalue weighted by molar-refractivity contribution is 7.89. The summed E-state index contributed by atoms with van der Waals surface area (Å²) in [6.45, 7) is 8.22. The minimum Gasteiger partial charge on any atom is -0.444 e. The summed E-state index contributed by atoms with van der Waals surface area (Å²) in [4.78, 5) is 28.6. The number of amides is 2. The first-order chi connectivity index (χ1) is 13.3. The molecule has 0 spiro atoms. The summed E-state index contributed by atoms with van der Waals surface area (Å²) in [6, 6.07) is 5.92. The van der Waals surface area contributed by atoms with Crippen LogP contribution in [0, 0.1) is 5.92 Å². The van der Waals surface area contributed by atoms with Gasteiger partial charge in [-0.2, -0.15) is 0 Å². The average Bonchev–Trinajstić information content (AvgIpc) is 2.64. The van der Waals surface area contributed by atoms with Gasteiger partial charge in [0.25, 0.3) is 0 Å². The summed E-state index contributed by atoms with van der Waals surface area (Å²) in [7, 11) is -2.04. The Hall–Kier alpha value is -2.13. The number of hydrogen-bond donors (Lipinski definition) is 1. The molecule has 162 valence electrons. The van der Waals surface area contributed by atoms with Crippen molar-refractivity contribution in [1.82, 2.24) is 9.80 Å². The number of nitrogens with two attached hydrogens (primary N) is 1. The van der Waals surface area contributed by atoms with E-state index in [1.165, 1.54) is 12.1 Å². The topological polar surface area (TPSA) is 110 Å². The molecule has 2 atom stereocenters. The number of hydrogen-bond acceptors (Lipinski definition) is 5. The molecule has 0 aliphatic carbocycles. The molecular formula is C20H31N3O5S. The van der Waals surface area contributed by atoms with Gasteiger partial charge in [-0.25, -0.2) is 18.4 Å². The first-order valence-corrected chi connectivity index (χ1v) is 11.2. The van der Waals surface area contributed by atoms with E-state index < -0.39 is 21.7 Å². The number of primary sulfonamides is 1. The fourth-order valence-corrected chi connectivity index (χ4v) is 3.82. The molecule has 0 saturated carbocycles. The first-order valence-electron chi connectivity index (χ1n) is 9.67. The molecule has 1 heterocycles. The van der Waals surface area contributed by atoms with Gasteiger partial charge in [-0.1, -0.05) is 12.1 Å².